The maximum Gasteiger partial charge on any atom is 0.397 e. The zero-order chi connectivity index (χ0) is 28.1. The third kappa shape index (κ3) is 6.19. The molecule has 0 unspecified atom stereocenters. The fourth-order valence-corrected chi connectivity index (χ4v) is 9.94. The normalized spacial score (nSPS) is 40.3. The van der Waals surface area contributed by atoms with Crippen LogP contribution in [0.5, 0.6) is 0 Å². The second-order valence-corrected chi connectivity index (χ2v) is 15.4. The number of aliphatic hydroxyl groups excluding tert-OH is 1. The Hall–Kier alpha value is -0.560. The Morgan fingerprint density at radius 2 is 1.74 bits per heavy atom. The van der Waals surface area contributed by atoms with Crippen molar-refractivity contribution < 1.29 is 39.4 Å². The van der Waals surface area contributed by atoms with Gasteiger partial charge >= 0.3 is 20.8 Å². The van der Waals surface area contributed by atoms with Crippen molar-refractivity contribution in [1.82, 2.24) is 0 Å². The Balaban J connectivity index is 1.55. The van der Waals surface area contributed by atoms with Gasteiger partial charge in [-0.1, -0.05) is 52.2 Å². The van der Waals surface area contributed by atoms with Crippen LogP contribution in [0.4, 0.5) is 0 Å². The van der Waals surface area contributed by atoms with Crippen molar-refractivity contribution in [3.05, 3.63) is 11.6 Å². The standard InChI is InChI=1S/C27H46O9S2/c1-17(2)6-5-7-18(16-35-37(29,30)31)22-10-11-23-21-9-8-19-14-20(36-38(32,33)34)15-25(28)27(19,4)24(21)12-13-26(22,23)3/h8,17-18,20-25,28H,5-7,9-16H2,1-4H3,(H,29,30,31)(H,32,33,34)/t18-,20-,21-,22+,23-,24-,25+,26+,27-/m0/s1. The number of aliphatic hydroxyl groups is 1. The van der Waals surface area contributed by atoms with Crippen molar-refractivity contribution >= 4 is 20.8 Å². The highest BCUT2D eigenvalue weighted by molar-refractivity contribution is 7.81. The first-order valence-electron chi connectivity index (χ1n) is 14.2. The molecule has 0 radical (unpaired) electrons. The van der Waals surface area contributed by atoms with Gasteiger partial charge in [0.25, 0.3) is 0 Å². The van der Waals surface area contributed by atoms with Gasteiger partial charge in [0.2, 0.25) is 0 Å². The molecule has 220 valence electrons. The van der Waals surface area contributed by atoms with Gasteiger partial charge in [0, 0.05) is 11.8 Å². The lowest BCUT2D eigenvalue weighted by Crippen LogP contribution is -2.56. The first kappa shape index (κ1) is 30.4. The van der Waals surface area contributed by atoms with E-state index in [1.165, 1.54) is 0 Å². The maximum absolute atomic E-state index is 11.4. The minimum atomic E-state index is -4.59. The number of fused-ring (bicyclic) bond motifs is 5. The van der Waals surface area contributed by atoms with Crippen LogP contribution < -0.4 is 0 Å². The quantitative estimate of drug-likeness (QED) is 0.241. The van der Waals surface area contributed by atoms with E-state index >= 15 is 0 Å². The molecule has 38 heavy (non-hydrogen) atoms. The summed E-state index contributed by atoms with van der Waals surface area (Å²) in [7, 11) is -9.09. The number of allylic oxidation sites excluding steroid dienone is 1. The van der Waals surface area contributed by atoms with Crippen LogP contribution >= 0.6 is 0 Å². The average Bonchev–Trinajstić information content (AvgIpc) is 3.12. The molecule has 0 saturated heterocycles. The summed E-state index contributed by atoms with van der Waals surface area (Å²) in [5, 5.41) is 11.3. The Morgan fingerprint density at radius 3 is 2.37 bits per heavy atom. The van der Waals surface area contributed by atoms with Gasteiger partial charge in [-0.2, -0.15) is 16.8 Å². The summed E-state index contributed by atoms with van der Waals surface area (Å²) >= 11 is 0. The molecule has 0 amide bonds. The summed E-state index contributed by atoms with van der Waals surface area (Å²) in [6, 6.07) is 0. The second kappa shape index (κ2) is 11.0. The summed E-state index contributed by atoms with van der Waals surface area (Å²) in [6.45, 7) is 8.82. The molecule has 4 rings (SSSR count). The van der Waals surface area contributed by atoms with Gasteiger partial charge in [-0.25, -0.2) is 8.37 Å². The van der Waals surface area contributed by atoms with E-state index in [0.29, 0.717) is 30.1 Å². The molecule has 9 nitrogen and oxygen atoms in total. The molecule has 0 aromatic carbocycles. The summed E-state index contributed by atoms with van der Waals surface area (Å²) in [5.41, 5.74) is 0.577. The zero-order valence-electron chi connectivity index (χ0n) is 23.1. The van der Waals surface area contributed by atoms with Gasteiger partial charge in [-0.15, -0.1) is 0 Å². The summed E-state index contributed by atoms with van der Waals surface area (Å²) < 4.78 is 73.7. The van der Waals surface area contributed by atoms with Crippen molar-refractivity contribution in [2.75, 3.05) is 6.61 Å². The van der Waals surface area contributed by atoms with Crippen LogP contribution in [0, 0.1) is 46.3 Å². The Morgan fingerprint density at radius 1 is 1.03 bits per heavy atom. The van der Waals surface area contributed by atoms with Crippen molar-refractivity contribution in [3.8, 4) is 0 Å². The minimum absolute atomic E-state index is 0.00757. The molecule has 3 N–H and O–H groups in total. The molecular formula is C27H46O9S2. The molecule has 9 atom stereocenters. The first-order valence-corrected chi connectivity index (χ1v) is 16.9. The molecule has 0 bridgehead atoms. The van der Waals surface area contributed by atoms with Gasteiger partial charge in [-0.3, -0.25) is 9.11 Å². The van der Waals surface area contributed by atoms with Crippen LogP contribution in [-0.2, 0) is 29.2 Å². The fourth-order valence-electron chi connectivity index (χ4n) is 9.11. The van der Waals surface area contributed by atoms with Gasteiger partial charge in [0.1, 0.15) is 0 Å². The van der Waals surface area contributed by atoms with E-state index < -0.39 is 38.4 Å². The molecule has 0 heterocycles. The summed E-state index contributed by atoms with van der Waals surface area (Å²) in [5.74, 6) is 1.97. The summed E-state index contributed by atoms with van der Waals surface area (Å²) in [6.07, 6.45) is 8.88. The Labute approximate surface area is 228 Å². The molecule has 0 aromatic rings. The van der Waals surface area contributed by atoms with Gasteiger partial charge in [0.15, 0.2) is 0 Å². The van der Waals surface area contributed by atoms with Crippen LogP contribution in [0.25, 0.3) is 0 Å². The lowest BCUT2D eigenvalue weighted by Gasteiger charge is -2.59. The SMILES string of the molecule is CC(C)CCC[C@@H](COS(=O)(=O)O)[C@H]1CC[C@H]2[C@@H]3CC=C4C[C@H](OS(=O)(=O)O)C[C@@H](O)[C@]4(C)[C@H]3CC[C@]12C. The molecule has 0 spiro atoms. The lowest BCUT2D eigenvalue weighted by atomic mass is 9.46. The van der Waals surface area contributed by atoms with Crippen LogP contribution in [0.1, 0.15) is 91.9 Å². The van der Waals surface area contributed by atoms with Crippen LogP contribution in [0.2, 0.25) is 0 Å². The van der Waals surface area contributed by atoms with Gasteiger partial charge in [0.05, 0.1) is 18.8 Å². The highest BCUT2D eigenvalue weighted by Gasteiger charge is 2.61. The molecule has 0 aliphatic heterocycles. The first-order chi connectivity index (χ1) is 17.5. The molecule has 4 aliphatic carbocycles. The van der Waals surface area contributed by atoms with E-state index in [2.05, 4.69) is 33.8 Å². The predicted molar refractivity (Wildman–Crippen MR) is 143 cm³/mol. The number of hydrogen-bond acceptors (Lipinski definition) is 7. The van der Waals surface area contributed by atoms with Crippen LogP contribution in [0.15, 0.2) is 11.6 Å². The van der Waals surface area contributed by atoms with E-state index in [1.807, 2.05) is 0 Å². The van der Waals surface area contributed by atoms with Gasteiger partial charge < -0.3 is 5.11 Å². The minimum Gasteiger partial charge on any atom is -0.392 e. The highest BCUT2D eigenvalue weighted by atomic mass is 32.3. The van der Waals surface area contributed by atoms with E-state index in [9.17, 15) is 26.5 Å². The summed E-state index contributed by atoms with van der Waals surface area (Å²) in [4.78, 5) is 0. The predicted octanol–water partition coefficient (Wildman–Crippen LogP) is 4.99. The van der Waals surface area contributed by atoms with Crippen LogP contribution in [0.3, 0.4) is 0 Å². The lowest BCUT2D eigenvalue weighted by molar-refractivity contribution is -0.107. The zero-order valence-corrected chi connectivity index (χ0v) is 24.7. The number of hydrogen-bond donors (Lipinski definition) is 3. The van der Waals surface area contributed by atoms with Crippen molar-refractivity contribution in [3.63, 3.8) is 0 Å². The third-order valence-corrected chi connectivity index (χ3v) is 11.8. The Bertz CT molecular complexity index is 1100. The number of rotatable bonds is 10. The molecule has 3 saturated carbocycles. The van der Waals surface area contributed by atoms with Gasteiger partial charge in [-0.05, 0) is 85.9 Å². The second-order valence-electron chi connectivity index (χ2n) is 13.3. The largest absolute Gasteiger partial charge is 0.397 e. The fraction of sp³-hybridized carbons (Fsp3) is 0.926. The van der Waals surface area contributed by atoms with E-state index in [0.717, 1.165) is 56.9 Å². The smallest absolute Gasteiger partial charge is 0.392 e. The third-order valence-electron chi connectivity index (χ3n) is 10.8. The average molecular weight is 579 g/mol. The molecule has 3 fully saturated rings. The van der Waals surface area contributed by atoms with Crippen molar-refractivity contribution in [1.29, 1.82) is 0 Å². The van der Waals surface area contributed by atoms with Crippen molar-refractivity contribution in [2.24, 2.45) is 46.3 Å². The molecule has 0 aromatic heterocycles. The molecule has 11 heteroatoms. The van der Waals surface area contributed by atoms with E-state index in [1.54, 1.807) is 0 Å². The van der Waals surface area contributed by atoms with E-state index in [4.69, 9.17) is 12.9 Å². The highest BCUT2D eigenvalue weighted by Crippen LogP contribution is 2.67. The Kier molecular flexibility index (Phi) is 8.82. The monoisotopic (exact) mass is 578 g/mol. The van der Waals surface area contributed by atoms with E-state index in [-0.39, 0.29) is 30.3 Å². The molecule has 4 aliphatic rings. The topological polar surface area (TPSA) is 147 Å². The van der Waals surface area contributed by atoms with Crippen LogP contribution in [-0.4, -0.2) is 49.9 Å². The molecular weight excluding hydrogens is 532 g/mol. The maximum atomic E-state index is 11.4. The van der Waals surface area contributed by atoms with Crippen molar-refractivity contribution in [2.45, 2.75) is 104 Å².